The Bertz CT molecular complexity index is 957. The molecule has 0 bridgehead atoms. The summed E-state index contributed by atoms with van der Waals surface area (Å²) < 4.78 is 13.1. The highest BCUT2D eigenvalue weighted by atomic mass is 32.2. The van der Waals surface area contributed by atoms with Gasteiger partial charge in [-0.1, -0.05) is 47.7 Å². The highest BCUT2D eigenvalue weighted by Gasteiger charge is 2.15. The van der Waals surface area contributed by atoms with E-state index in [1.165, 1.54) is 11.8 Å². The molecule has 7 heteroatoms. The normalized spacial score (nSPS) is 10.7. The van der Waals surface area contributed by atoms with Crippen LogP contribution in [0.3, 0.4) is 0 Å². The Morgan fingerprint density at radius 2 is 1.93 bits per heavy atom. The van der Waals surface area contributed by atoms with E-state index < -0.39 is 0 Å². The first-order chi connectivity index (χ1) is 14.1. The van der Waals surface area contributed by atoms with Crippen LogP contribution >= 0.6 is 11.8 Å². The predicted molar refractivity (Wildman–Crippen MR) is 114 cm³/mol. The summed E-state index contributed by atoms with van der Waals surface area (Å²) in [6.45, 7) is 5.08. The second-order valence-electron chi connectivity index (χ2n) is 6.56. The average molecular weight is 412 g/mol. The van der Waals surface area contributed by atoms with Gasteiger partial charge in [-0.3, -0.25) is 4.79 Å². The van der Waals surface area contributed by atoms with E-state index >= 15 is 0 Å². The summed E-state index contributed by atoms with van der Waals surface area (Å²) in [4.78, 5) is 12.5. The van der Waals surface area contributed by atoms with Gasteiger partial charge in [-0.15, -0.1) is 10.2 Å². The highest BCUT2D eigenvalue weighted by Crippen LogP contribution is 2.23. The molecular formula is C22H25N3O3S. The number of para-hydroxylation sites is 1. The smallest absolute Gasteiger partial charge is 0.191 e. The maximum absolute atomic E-state index is 12.5. The van der Waals surface area contributed by atoms with E-state index in [-0.39, 0.29) is 5.78 Å². The van der Waals surface area contributed by atoms with Crippen molar-refractivity contribution in [2.45, 2.75) is 38.6 Å². The largest absolute Gasteiger partial charge is 0.496 e. The zero-order valence-corrected chi connectivity index (χ0v) is 17.7. The van der Waals surface area contributed by atoms with Gasteiger partial charge in [0.25, 0.3) is 0 Å². The molecule has 0 fully saturated rings. The Balaban J connectivity index is 1.60. The van der Waals surface area contributed by atoms with E-state index in [1.807, 2.05) is 66.9 Å². The average Bonchev–Trinajstić information content (AvgIpc) is 3.13. The molecular weight excluding hydrogens is 386 g/mol. The van der Waals surface area contributed by atoms with Crippen molar-refractivity contribution in [2.24, 2.45) is 0 Å². The fourth-order valence-corrected chi connectivity index (χ4v) is 3.85. The molecule has 1 heterocycles. The first-order valence-corrected chi connectivity index (χ1v) is 10.5. The minimum Gasteiger partial charge on any atom is -0.496 e. The van der Waals surface area contributed by atoms with Crippen LogP contribution in [0, 0.1) is 6.92 Å². The lowest BCUT2D eigenvalue weighted by atomic mass is 10.1. The second-order valence-corrected chi connectivity index (χ2v) is 7.51. The number of methoxy groups -OCH3 is 1. The van der Waals surface area contributed by atoms with Crippen molar-refractivity contribution in [3.05, 3.63) is 65.5 Å². The third-order valence-electron chi connectivity index (χ3n) is 4.41. The summed E-state index contributed by atoms with van der Waals surface area (Å²) in [5.41, 5.74) is 2.02. The first-order valence-electron chi connectivity index (χ1n) is 9.48. The number of thioether (sulfide) groups is 1. The Kier molecular flexibility index (Phi) is 7.30. The molecule has 0 aliphatic heterocycles. The number of benzene rings is 2. The summed E-state index contributed by atoms with van der Waals surface area (Å²) >= 11 is 1.40. The van der Waals surface area contributed by atoms with Crippen molar-refractivity contribution in [3.8, 4) is 11.5 Å². The molecule has 1 aromatic heterocycles. The Hall–Kier alpha value is -2.80. The minimum atomic E-state index is 0.117. The lowest BCUT2D eigenvalue weighted by Crippen LogP contribution is -2.10. The monoisotopic (exact) mass is 411 g/mol. The van der Waals surface area contributed by atoms with Crippen LogP contribution in [-0.4, -0.2) is 33.4 Å². The molecule has 0 radical (unpaired) electrons. The summed E-state index contributed by atoms with van der Waals surface area (Å²) in [7, 11) is 1.62. The van der Waals surface area contributed by atoms with Gasteiger partial charge in [0.05, 0.1) is 12.9 Å². The molecule has 6 nitrogen and oxygen atoms in total. The quantitative estimate of drug-likeness (QED) is 0.468. The number of ketones is 1. The third-order valence-corrected chi connectivity index (χ3v) is 5.43. The van der Waals surface area contributed by atoms with Crippen LogP contribution < -0.4 is 9.47 Å². The second kappa shape index (κ2) is 10.1. The summed E-state index contributed by atoms with van der Waals surface area (Å²) in [5.74, 6) is 2.72. The van der Waals surface area contributed by atoms with Crippen molar-refractivity contribution in [3.63, 3.8) is 0 Å². The molecule has 0 saturated heterocycles. The summed E-state index contributed by atoms with van der Waals surface area (Å²) in [6, 6.07) is 15.5. The maximum atomic E-state index is 12.5. The van der Waals surface area contributed by atoms with Crippen molar-refractivity contribution in [1.82, 2.24) is 14.8 Å². The topological polar surface area (TPSA) is 66.2 Å². The van der Waals surface area contributed by atoms with Crippen molar-refractivity contribution < 1.29 is 14.3 Å². The standard InChI is InChI=1S/C22H25N3O3S/c1-4-25-21(14-28-19-8-6-5-7-9-19)23-24-22(25)29-15-18(26)13-17-12-16(2)10-11-20(17)27-3/h5-12H,4,13-15H2,1-3H3. The molecule has 0 saturated carbocycles. The number of hydrogen-bond donors (Lipinski definition) is 0. The van der Waals surface area contributed by atoms with E-state index in [9.17, 15) is 4.79 Å². The lowest BCUT2D eigenvalue weighted by molar-refractivity contribution is -0.116. The van der Waals surface area contributed by atoms with E-state index in [2.05, 4.69) is 10.2 Å². The summed E-state index contributed by atoms with van der Waals surface area (Å²) in [5, 5.41) is 9.21. The molecule has 3 rings (SSSR count). The lowest BCUT2D eigenvalue weighted by Gasteiger charge is -2.10. The number of ether oxygens (including phenoxy) is 2. The van der Waals surface area contributed by atoms with Gasteiger partial charge in [-0.2, -0.15) is 0 Å². The molecule has 0 aliphatic rings. The zero-order valence-electron chi connectivity index (χ0n) is 16.9. The number of rotatable bonds is 10. The number of aryl methyl sites for hydroxylation is 1. The van der Waals surface area contributed by atoms with Crippen LogP contribution in [0.4, 0.5) is 0 Å². The van der Waals surface area contributed by atoms with Crippen LogP contribution in [0.25, 0.3) is 0 Å². The molecule has 0 aliphatic carbocycles. The molecule has 3 aromatic rings. The van der Waals surface area contributed by atoms with Gasteiger partial charge in [0.15, 0.2) is 11.0 Å². The molecule has 29 heavy (non-hydrogen) atoms. The van der Waals surface area contributed by atoms with E-state index in [0.717, 1.165) is 33.6 Å². The summed E-state index contributed by atoms with van der Waals surface area (Å²) in [6.07, 6.45) is 0.335. The molecule has 0 atom stereocenters. The number of Topliss-reactive ketones (excluding diaryl/α,β-unsaturated/α-hetero) is 1. The van der Waals surface area contributed by atoms with Crippen LogP contribution in [0.1, 0.15) is 23.9 Å². The minimum absolute atomic E-state index is 0.117. The van der Waals surface area contributed by atoms with Crippen LogP contribution in [-0.2, 0) is 24.4 Å². The zero-order chi connectivity index (χ0) is 20.6. The molecule has 0 unspecified atom stereocenters. The SMILES string of the molecule is CCn1c(COc2ccccc2)nnc1SCC(=O)Cc1cc(C)ccc1OC. The Labute approximate surface area is 175 Å². The van der Waals surface area contributed by atoms with E-state index in [0.29, 0.717) is 25.3 Å². The van der Waals surface area contributed by atoms with Crippen molar-refractivity contribution in [1.29, 1.82) is 0 Å². The van der Waals surface area contributed by atoms with E-state index in [1.54, 1.807) is 7.11 Å². The van der Waals surface area contributed by atoms with Gasteiger partial charge in [-0.25, -0.2) is 0 Å². The number of hydrogen-bond acceptors (Lipinski definition) is 6. The van der Waals surface area contributed by atoms with Gasteiger partial charge in [0.1, 0.15) is 23.9 Å². The predicted octanol–water partition coefficient (Wildman–Crippen LogP) is 4.10. The molecule has 152 valence electrons. The van der Waals surface area contributed by atoms with Crippen molar-refractivity contribution >= 4 is 17.5 Å². The van der Waals surface area contributed by atoms with Gasteiger partial charge >= 0.3 is 0 Å². The van der Waals surface area contributed by atoms with Crippen LogP contribution in [0.15, 0.2) is 53.7 Å². The number of aromatic nitrogens is 3. The molecule has 0 amide bonds. The van der Waals surface area contributed by atoms with Gasteiger partial charge < -0.3 is 14.0 Å². The van der Waals surface area contributed by atoms with Gasteiger partial charge in [0, 0.05) is 18.5 Å². The number of nitrogens with zero attached hydrogens (tertiary/aromatic N) is 3. The van der Waals surface area contributed by atoms with Crippen LogP contribution in [0.2, 0.25) is 0 Å². The maximum Gasteiger partial charge on any atom is 0.191 e. The fraction of sp³-hybridized carbons (Fsp3) is 0.318. The Morgan fingerprint density at radius 1 is 1.14 bits per heavy atom. The molecule has 0 N–H and O–H groups in total. The van der Waals surface area contributed by atoms with E-state index in [4.69, 9.17) is 9.47 Å². The number of carbonyl (C=O) groups is 1. The highest BCUT2D eigenvalue weighted by molar-refractivity contribution is 7.99. The van der Waals surface area contributed by atoms with Crippen LogP contribution in [0.5, 0.6) is 11.5 Å². The van der Waals surface area contributed by atoms with Gasteiger partial charge in [0.2, 0.25) is 0 Å². The Morgan fingerprint density at radius 3 is 2.66 bits per heavy atom. The third kappa shape index (κ3) is 5.60. The molecule has 0 spiro atoms. The van der Waals surface area contributed by atoms with Crippen molar-refractivity contribution in [2.75, 3.05) is 12.9 Å². The first kappa shape index (κ1) is 20.9. The van der Waals surface area contributed by atoms with Gasteiger partial charge in [-0.05, 0) is 32.0 Å². The number of carbonyl (C=O) groups excluding carboxylic acids is 1. The fourth-order valence-electron chi connectivity index (χ4n) is 2.97. The molecule has 2 aromatic carbocycles.